The van der Waals surface area contributed by atoms with Crippen LogP contribution in [0.3, 0.4) is 0 Å². The van der Waals surface area contributed by atoms with Gasteiger partial charge in [0.05, 0.1) is 5.56 Å². The van der Waals surface area contributed by atoms with Gasteiger partial charge in [-0.2, -0.15) is 0 Å². The Labute approximate surface area is 104 Å². The first-order valence-corrected chi connectivity index (χ1v) is 5.50. The molecule has 0 bridgehead atoms. The van der Waals surface area contributed by atoms with E-state index in [1.54, 1.807) is 43.3 Å². The SMILES string of the molecule is Cc1ccc(NC(=O)c2ccccc2N)cc1F. The van der Waals surface area contributed by atoms with Crippen molar-refractivity contribution in [1.82, 2.24) is 0 Å². The number of rotatable bonds is 2. The van der Waals surface area contributed by atoms with Crippen LogP contribution in [-0.2, 0) is 0 Å². The molecular weight excluding hydrogens is 231 g/mol. The molecule has 3 nitrogen and oxygen atoms in total. The molecule has 0 aliphatic rings. The molecule has 0 aromatic heterocycles. The van der Waals surface area contributed by atoms with Crippen molar-refractivity contribution in [2.24, 2.45) is 0 Å². The summed E-state index contributed by atoms with van der Waals surface area (Å²) >= 11 is 0. The van der Waals surface area contributed by atoms with E-state index in [0.29, 0.717) is 22.5 Å². The second-order valence-corrected chi connectivity index (χ2v) is 4.01. The molecule has 0 saturated carbocycles. The van der Waals surface area contributed by atoms with E-state index in [4.69, 9.17) is 5.73 Å². The van der Waals surface area contributed by atoms with Crippen LogP contribution in [0.4, 0.5) is 15.8 Å². The van der Waals surface area contributed by atoms with E-state index in [-0.39, 0.29) is 11.7 Å². The lowest BCUT2D eigenvalue weighted by Gasteiger charge is -2.08. The molecule has 0 spiro atoms. The number of halogens is 1. The molecule has 4 heteroatoms. The van der Waals surface area contributed by atoms with Crippen LogP contribution in [0.25, 0.3) is 0 Å². The molecule has 0 aliphatic carbocycles. The lowest BCUT2D eigenvalue weighted by molar-refractivity contribution is 0.102. The predicted octanol–water partition coefficient (Wildman–Crippen LogP) is 2.97. The van der Waals surface area contributed by atoms with Gasteiger partial charge in [-0.15, -0.1) is 0 Å². The van der Waals surface area contributed by atoms with Crippen molar-refractivity contribution in [2.45, 2.75) is 6.92 Å². The largest absolute Gasteiger partial charge is 0.398 e. The van der Waals surface area contributed by atoms with Gasteiger partial charge in [0, 0.05) is 11.4 Å². The summed E-state index contributed by atoms with van der Waals surface area (Å²) in [7, 11) is 0. The van der Waals surface area contributed by atoms with Crippen LogP contribution in [0.1, 0.15) is 15.9 Å². The summed E-state index contributed by atoms with van der Waals surface area (Å²) in [6, 6.07) is 11.3. The molecule has 0 atom stereocenters. The van der Waals surface area contributed by atoms with E-state index in [0.717, 1.165) is 0 Å². The Morgan fingerprint density at radius 2 is 1.94 bits per heavy atom. The standard InChI is InChI=1S/C14H13FN2O/c1-9-6-7-10(8-12(9)15)17-14(18)11-4-2-3-5-13(11)16/h2-8H,16H2,1H3,(H,17,18). The maximum absolute atomic E-state index is 13.3. The zero-order chi connectivity index (χ0) is 13.1. The van der Waals surface area contributed by atoms with Crippen molar-refractivity contribution in [3.63, 3.8) is 0 Å². The first-order valence-electron chi connectivity index (χ1n) is 5.50. The van der Waals surface area contributed by atoms with E-state index in [1.807, 2.05) is 0 Å². The van der Waals surface area contributed by atoms with Crippen molar-refractivity contribution in [3.8, 4) is 0 Å². The number of carbonyl (C=O) groups is 1. The number of nitrogen functional groups attached to an aromatic ring is 1. The van der Waals surface area contributed by atoms with Gasteiger partial charge < -0.3 is 11.1 Å². The Morgan fingerprint density at radius 3 is 2.61 bits per heavy atom. The van der Waals surface area contributed by atoms with Gasteiger partial charge in [-0.1, -0.05) is 18.2 Å². The molecule has 3 N–H and O–H groups in total. The molecule has 2 aromatic carbocycles. The summed E-state index contributed by atoms with van der Waals surface area (Å²) in [6.07, 6.45) is 0. The number of hydrogen-bond donors (Lipinski definition) is 2. The highest BCUT2D eigenvalue weighted by Crippen LogP contribution is 2.16. The minimum atomic E-state index is -0.353. The number of hydrogen-bond acceptors (Lipinski definition) is 2. The highest BCUT2D eigenvalue weighted by molar-refractivity contribution is 6.07. The third kappa shape index (κ3) is 2.48. The topological polar surface area (TPSA) is 55.1 Å². The number of para-hydroxylation sites is 1. The first-order chi connectivity index (χ1) is 8.58. The summed E-state index contributed by atoms with van der Waals surface area (Å²) in [6.45, 7) is 1.66. The van der Waals surface area contributed by atoms with Crippen molar-refractivity contribution in [2.75, 3.05) is 11.1 Å². The number of nitrogens with two attached hydrogens (primary N) is 1. The molecule has 0 saturated heterocycles. The first kappa shape index (κ1) is 12.1. The average Bonchev–Trinajstić information content (AvgIpc) is 2.34. The lowest BCUT2D eigenvalue weighted by Crippen LogP contribution is -2.14. The molecule has 0 aliphatic heterocycles. The Kier molecular flexibility index (Phi) is 3.28. The van der Waals surface area contributed by atoms with E-state index in [2.05, 4.69) is 5.32 Å². The zero-order valence-electron chi connectivity index (χ0n) is 9.91. The van der Waals surface area contributed by atoms with Gasteiger partial charge >= 0.3 is 0 Å². The average molecular weight is 244 g/mol. The van der Waals surface area contributed by atoms with Crippen molar-refractivity contribution >= 4 is 17.3 Å². The summed E-state index contributed by atoms with van der Waals surface area (Å²) < 4.78 is 13.3. The van der Waals surface area contributed by atoms with Gasteiger partial charge in [-0.25, -0.2) is 4.39 Å². The molecule has 2 rings (SSSR count). The lowest BCUT2D eigenvalue weighted by atomic mass is 10.1. The van der Waals surface area contributed by atoms with Crippen LogP contribution < -0.4 is 11.1 Å². The Hall–Kier alpha value is -2.36. The predicted molar refractivity (Wildman–Crippen MR) is 69.9 cm³/mol. The number of carbonyl (C=O) groups excluding carboxylic acids is 1. The van der Waals surface area contributed by atoms with Crippen molar-refractivity contribution in [1.29, 1.82) is 0 Å². The van der Waals surface area contributed by atoms with Gasteiger partial charge in [-0.3, -0.25) is 4.79 Å². The van der Waals surface area contributed by atoms with Gasteiger partial charge in [-0.05, 0) is 36.8 Å². The smallest absolute Gasteiger partial charge is 0.257 e. The van der Waals surface area contributed by atoms with Gasteiger partial charge in [0.15, 0.2) is 0 Å². The van der Waals surface area contributed by atoms with E-state index < -0.39 is 0 Å². The Bertz CT molecular complexity index is 596. The van der Waals surface area contributed by atoms with Crippen LogP contribution in [0.15, 0.2) is 42.5 Å². The molecule has 0 radical (unpaired) electrons. The fourth-order valence-corrected chi connectivity index (χ4v) is 1.57. The van der Waals surface area contributed by atoms with Crippen molar-refractivity contribution < 1.29 is 9.18 Å². The fraction of sp³-hybridized carbons (Fsp3) is 0.0714. The molecule has 0 heterocycles. The normalized spacial score (nSPS) is 10.1. The Balaban J connectivity index is 2.22. The van der Waals surface area contributed by atoms with E-state index >= 15 is 0 Å². The van der Waals surface area contributed by atoms with E-state index in [9.17, 15) is 9.18 Å². The molecular formula is C14H13FN2O. The Morgan fingerprint density at radius 1 is 1.22 bits per heavy atom. The summed E-state index contributed by atoms with van der Waals surface area (Å²) in [5, 5.41) is 2.61. The molecule has 1 amide bonds. The van der Waals surface area contributed by atoms with Crippen molar-refractivity contribution in [3.05, 3.63) is 59.4 Å². The maximum Gasteiger partial charge on any atom is 0.257 e. The van der Waals surface area contributed by atoms with Crippen LogP contribution >= 0.6 is 0 Å². The number of amides is 1. The third-order valence-corrected chi connectivity index (χ3v) is 2.64. The van der Waals surface area contributed by atoms with Gasteiger partial charge in [0.1, 0.15) is 5.82 Å². The molecule has 0 unspecified atom stereocenters. The number of benzene rings is 2. The highest BCUT2D eigenvalue weighted by atomic mass is 19.1. The second-order valence-electron chi connectivity index (χ2n) is 4.01. The van der Waals surface area contributed by atoms with Crippen LogP contribution in [0, 0.1) is 12.7 Å². The van der Waals surface area contributed by atoms with Crippen LogP contribution in [0.5, 0.6) is 0 Å². The maximum atomic E-state index is 13.3. The quantitative estimate of drug-likeness (QED) is 0.798. The zero-order valence-corrected chi connectivity index (χ0v) is 9.91. The molecule has 2 aromatic rings. The third-order valence-electron chi connectivity index (χ3n) is 2.64. The summed E-state index contributed by atoms with van der Waals surface area (Å²) in [4.78, 5) is 11.9. The highest BCUT2D eigenvalue weighted by Gasteiger charge is 2.09. The number of anilines is 2. The van der Waals surface area contributed by atoms with Gasteiger partial charge in [0.2, 0.25) is 0 Å². The van der Waals surface area contributed by atoms with Gasteiger partial charge in [0.25, 0.3) is 5.91 Å². The number of aryl methyl sites for hydroxylation is 1. The van der Waals surface area contributed by atoms with Crippen LogP contribution in [-0.4, -0.2) is 5.91 Å². The molecule has 92 valence electrons. The van der Waals surface area contributed by atoms with E-state index in [1.165, 1.54) is 6.07 Å². The monoisotopic (exact) mass is 244 g/mol. The minimum absolute atomic E-state index is 0.351. The molecule has 18 heavy (non-hydrogen) atoms. The summed E-state index contributed by atoms with van der Waals surface area (Å²) in [5.74, 6) is -0.704. The molecule has 0 fully saturated rings. The number of nitrogens with one attached hydrogen (secondary N) is 1. The summed E-state index contributed by atoms with van der Waals surface area (Å²) in [5.41, 5.74) is 7.40. The second kappa shape index (κ2) is 4.87. The minimum Gasteiger partial charge on any atom is -0.398 e. The fourth-order valence-electron chi connectivity index (χ4n) is 1.57. The van der Waals surface area contributed by atoms with Crippen LogP contribution in [0.2, 0.25) is 0 Å².